The highest BCUT2D eigenvalue weighted by Gasteiger charge is 2.46. The number of aryl methyl sites for hydroxylation is 1. The van der Waals surface area contributed by atoms with E-state index in [0.29, 0.717) is 17.1 Å². The maximum absolute atomic E-state index is 13.2. The summed E-state index contributed by atoms with van der Waals surface area (Å²) in [5.74, 6) is -0.0850. The maximum atomic E-state index is 13.2. The summed E-state index contributed by atoms with van der Waals surface area (Å²) in [5, 5.41) is 6.95. The molecule has 0 aliphatic carbocycles. The van der Waals surface area contributed by atoms with E-state index in [1.165, 1.54) is 24.3 Å². The second-order valence-electron chi connectivity index (χ2n) is 5.16. The molecule has 3 rings (SSSR count). The molecular weight excluding hydrogens is 286 g/mol. The largest absolute Gasteiger partial charge is 0.410 e. The number of alkyl halides is 3. The molecule has 0 spiro atoms. The van der Waals surface area contributed by atoms with Gasteiger partial charge in [-0.25, -0.2) is 9.07 Å². The number of anilines is 1. The normalized spacial score (nSPS) is 21.8. The summed E-state index contributed by atoms with van der Waals surface area (Å²) in [6.45, 7) is 1.65. The summed E-state index contributed by atoms with van der Waals surface area (Å²) < 4.78 is 53.6. The minimum Gasteiger partial charge on any atom is -0.363 e. The number of nitrogens with one attached hydrogen (secondary N) is 1. The van der Waals surface area contributed by atoms with Crippen LogP contribution in [0.15, 0.2) is 30.3 Å². The van der Waals surface area contributed by atoms with Crippen LogP contribution in [-0.2, 0) is 0 Å². The molecule has 21 heavy (non-hydrogen) atoms. The first-order valence-electron chi connectivity index (χ1n) is 6.49. The Hall–Kier alpha value is -2.05. The third-order valence-electron chi connectivity index (χ3n) is 3.58. The minimum absolute atomic E-state index is 0.177. The Morgan fingerprint density at radius 3 is 2.52 bits per heavy atom. The van der Waals surface area contributed by atoms with Crippen molar-refractivity contribution in [1.82, 2.24) is 9.78 Å². The molecule has 0 bridgehead atoms. The van der Waals surface area contributed by atoms with Crippen LogP contribution in [0.3, 0.4) is 0 Å². The number of fused-ring (bicyclic) bond motifs is 1. The molecule has 1 aliphatic heterocycles. The standard InChI is InChI=1S/C14H13F4N3/c1-8-6-13-19-11(9-2-4-10(15)5-3-9)7-12(14(16,17)18)21(13)20-8/h2-6,11-12,19H,7H2,1H3/t11-,12+/m0/s1. The smallest absolute Gasteiger partial charge is 0.363 e. The molecule has 2 aromatic rings. The van der Waals surface area contributed by atoms with Crippen molar-refractivity contribution < 1.29 is 17.6 Å². The van der Waals surface area contributed by atoms with Gasteiger partial charge in [-0.1, -0.05) is 12.1 Å². The molecule has 1 aromatic heterocycles. The summed E-state index contributed by atoms with van der Waals surface area (Å²) in [4.78, 5) is 0. The highest BCUT2D eigenvalue weighted by Crippen LogP contribution is 2.43. The number of halogens is 4. The Bertz CT molecular complexity index is 645. The van der Waals surface area contributed by atoms with Crippen LogP contribution in [0.5, 0.6) is 0 Å². The molecule has 0 fully saturated rings. The fourth-order valence-corrected chi connectivity index (χ4v) is 2.61. The molecule has 0 radical (unpaired) electrons. The summed E-state index contributed by atoms with van der Waals surface area (Å²) in [7, 11) is 0. The Labute approximate surface area is 118 Å². The summed E-state index contributed by atoms with van der Waals surface area (Å²) in [6, 6.07) is 4.86. The predicted octanol–water partition coefficient (Wildman–Crippen LogP) is 3.99. The zero-order chi connectivity index (χ0) is 15.2. The van der Waals surface area contributed by atoms with Gasteiger partial charge in [-0.3, -0.25) is 0 Å². The van der Waals surface area contributed by atoms with Gasteiger partial charge in [-0.05, 0) is 24.6 Å². The van der Waals surface area contributed by atoms with Crippen LogP contribution in [0, 0.1) is 12.7 Å². The molecule has 0 amide bonds. The van der Waals surface area contributed by atoms with Crippen LogP contribution in [0.2, 0.25) is 0 Å². The van der Waals surface area contributed by atoms with Crippen molar-refractivity contribution in [2.24, 2.45) is 0 Å². The summed E-state index contributed by atoms with van der Waals surface area (Å²) in [5.41, 5.74) is 1.14. The van der Waals surface area contributed by atoms with Crippen molar-refractivity contribution in [3.63, 3.8) is 0 Å². The van der Waals surface area contributed by atoms with Crippen LogP contribution in [0.1, 0.15) is 29.8 Å². The Morgan fingerprint density at radius 2 is 1.90 bits per heavy atom. The second-order valence-corrected chi connectivity index (χ2v) is 5.16. The highest BCUT2D eigenvalue weighted by molar-refractivity contribution is 5.43. The van der Waals surface area contributed by atoms with Gasteiger partial charge in [-0.15, -0.1) is 0 Å². The van der Waals surface area contributed by atoms with Gasteiger partial charge in [0, 0.05) is 12.5 Å². The van der Waals surface area contributed by atoms with Crippen LogP contribution in [0.25, 0.3) is 0 Å². The van der Waals surface area contributed by atoms with E-state index in [4.69, 9.17) is 0 Å². The SMILES string of the molecule is Cc1cc2n(n1)[C@@H](C(F)(F)F)C[C@@H](c1ccc(F)cc1)N2. The molecule has 112 valence electrons. The lowest BCUT2D eigenvalue weighted by molar-refractivity contribution is -0.173. The van der Waals surface area contributed by atoms with Gasteiger partial charge in [0.05, 0.1) is 11.7 Å². The third kappa shape index (κ3) is 2.59. The number of benzene rings is 1. The van der Waals surface area contributed by atoms with Gasteiger partial charge in [0.15, 0.2) is 6.04 Å². The number of rotatable bonds is 1. The molecule has 1 aliphatic rings. The maximum Gasteiger partial charge on any atom is 0.410 e. The van der Waals surface area contributed by atoms with Gasteiger partial charge < -0.3 is 5.32 Å². The zero-order valence-electron chi connectivity index (χ0n) is 11.2. The van der Waals surface area contributed by atoms with Crippen LogP contribution < -0.4 is 5.32 Å². The second kappa shape index (κ2) is 4.75. The first kappa shape index (κ1) is 13.9. The lowest BCUT2D eigenvalue weighted by Crippen LogP contribution is -2.35. The number of hydrogen-bond donors (Lipinski definition) is 1. The molecule has 7 heteroatoms. The van der Waals surface area contributed by atoms with Gasteiger partial charge in [0.25, 0.3) is 0 Å². The van der Waals surface area contributed by atoms with Crippen molar-refractivity contribution >= 4 is 5.82 Å². The van der Waals surface area contributed by atoms with E-state index in [1.54, 1.807) is 13.0 Å². The average molecular weight is 299 g/mol. The van der Waals surface area contributed by atoms with Crippen molar-refractivity contribution in [3.05, 3.63) is 47.4 Å². The average Bonchev–Trinajstić information content (AvgIpc) is 2.77. The molecule has 0 saturated carbocycles. The topological polar surface area (TPSA) is 29.9 Å². The Morgan fingerprint density at radius 1 is 1.24 bits per heavy atom. The molecule has 1 N–H and O–H groups in total. The van der Waals surface area contributed by atoms with Crippen LogP contribution in [0.4, 0.5) is 23.4 Å². The van der Waals surface area contributed by atoms with Crippen molar-refractivity contribution in [2.45, 2.75) is 31.6 Å². The van der Waals surface area contributed by atoms with Gasteiger partial charge in [-0.2, -0.15) is 18.3 Å². The van der Waals surface area contributed by atoms with Crippen molar-refractivity contribution in [3.8, 4) is 0 Å². The van der Waals surface area contributed by atoms with E-state index >= 15 is 0 Å². The van der Waals surface area contributed by atoms with Crippen molar-refractivity contribution in [2.75, 3.05) is 5.32 Å². The van der Waals surface area contributed by atoms with Crippen LogP contribution >= 0.6 is 0 Å². The monoisotopic (exact) mass is 299 g/mol. The zero-order valence-corrected chi connectivity index (χ0v) is 11.2. The van der Waals surface area contributed by atoms with Crippen molar-refractivity contribution in [1.29, 1.82) is 0 Å². The van der Waals surface area contributed by atoms with E-state index in [2.05, 4.69) is 10.4 Å². The molecule has 0 saturated heterocycles. The van der Waals surface area contributed by atoms with E-state index < -0.39 is 24.1 Å². The summed E-state index contributed by atoms with van der Waals surface area (Å²) >= 11 is 0. The Balaban J connectivity index is 1.98. The third-order valence-corrected chi connectivity index (χ3v) is 3.58. The van der Waals surface area contributed by atoms with Crippen LogP contribution in [-0.4, -0.2) is 16.0 Å². The predicted molar refractivity (Wildman–Crippen MR) is 69.4 cm³/mol. The number of hydrogen-bond acceptors (Lipinski definition) is 2. The fourth-order valence-electron chi connectivity index (χ4n) is 2.61. The van der Waals surface area contributed by atoms with E-state index in [0.717, 1.165) is 4.68 Å². The Kier molecular flexibility index (Phi) is 3.15. The lowest BCUT2D eigenvalue weighted by Gasteiger charge is -2.33. The van der Waals surface area contributed by atoms with E-state index in [9.17, 15) is 17.6 Å². The molecule has 2 atom stereocenters. The first-order valence-corrected chi connectivity index (χ1v) is 6.49. The highest BCUT2D eigenvalue weighted by atomic mass is 19.4. The van der Waals surface area contributed by atoms with E-state index in [-0.39, 0.29) is 6.42 Å². The molecule has 1 aromatic carbocycles. The number of aromatic nitrogens is 2. The first-order chi connectivity index (χ1) is 9.84. The number of nitrogens with zero attached hydrogens (tertiary/aromatic N) is 2. The quantitative estimate of drug-likeness (QED) is 0.807. The molecular formula is C14H13F4N3. The molecule has 2 heterocycles. The fraction of sp³-hybridized carbons (Fsp3) is 0.357. The molecule has 3 nitrogen and oxygen atoms in total. The van der Waals surface area contributed by atoms with E-state index in [1.807, 2.05) is 0 Å². The lowest BCUT2D eigenvalue weighted by atomic mass is 9.97. The van der Waals surface area contributed by atoms with Gasteiger partial charge in [0.1, 0.15) is 11.6 Å². The molecule has 0 unspecified atom stereocenters. The minimum atomic E-state index is -4.38. The summed E-state index contributed by atoms with van der Waals surface area (Å²) in [6.07, 6.45) is -4.56. The van der Waals surface area contributed by atoms with Gasteiger partial charge >= 0.3 is 6.18 Å². The van der Waals surface area contributed by atoms with Gasteiger partial charge in [0.2, 0.25) is 0 Å².